The first-order valence-electron chi connectivity index (χ1n) is 13.3. The second-order valence-electron chi connectivity index (χ2n) is 9.84. The summed E-state index contributed by atoms with van der Waals surface area (Å²) in [7, 11) is -2.74. The lowest BCUT2D eigenvalue weighted by Crippen LogP contribution is -2.53. The highest BCUT2D eigenvalue weighted by molar-refractivity contribution is 7.92. The number of benzene rings is 4. The molecule has 1 N–H and O–H groups in total. The first-order chi connectivity index (χ1) is 20.5. The number of hydrogen-bond donors (Lipinski definition) is 1. The number of hydrogen-bond acceptors (Lipinski definition) is 4. The van der Waals surface area contributed by atoms with E-state index in [9.17, 15) is 18.0 Å². The molecule has 4 aromatic rings. The van der Waals surface area contributed by atoms with Gasteiger partial charge in [0.1, 0.15) is 12.6 Å². The van der Waals surface area contributed by atoms with Crippen molar-refractivity contribution in [3.8, 4) is 0 Å². The van der Waals surface area contributed by atoms with Crippen LogP contribution in [0.15, 0.2) is 102 Å². The SMILES string of the molecule is CNC(=O)[C@H](Cc1ccccc1)N(Cc1c(Cl)cccc1Cl)C(=O)CN(c1ccc(Cl)cc1)S(=O)(=O)c1ccc(C)cc1. The van der Waals surface area contributed by atoms with E-state index in [0.717, 1.165) is 15.4 Å². The van der Waals surface area contributed by atoms with E-state index in [1.807, 2.05) is 37.3 Å². The molecular formula is C32H30Cl3N3O4S. The molecule has 0 saturated carbocycles. The molecule has 0 aliphatic heterocycles. The highest BCUT2D eigenvalue weighted by atomic mass is 35.5. The van der Waals surface area contributed by atoms with Crippen LogP contribution in [0.2, 0.25) is 15.1 Å². The highest BCUT2D eigenvalue weighted by Gasteiger charge is 2.35. The molecule has 0 aliphatic carbocycles. The third-order valence-corrected chi connectivity index (χ3v) is 9.66. The Morgan fingerprint density at radius 2 is 1.42 bits per heavy atom. The molecule has 0 spiro atoms. The number of nitrogens with zero attached hydrogens (tertiary/aromatic N) is 2. The quantitative estimate of drug-likeness (QED) is 0.198. The summed E-state index contributed by atoms with van der Waals surface area (Å²) in [6.07, 6.45) is 0.167. The number of nitrogens with one attached hydrogen (secondary N) is 1. The van der Waals surface area contributed by atoms with Gasteiger partial charge in [0.15, 0.2) is 0 Å². The van der Waals surface area contributed by atoms with Crippen molar-refractivity contribution in [2.75, 3.05) is 17.9 Å². The average Bonchev–Trinajstić information content (AvgIpc) is 2.99. The Hall–Kier alpha value is -3.56. The van der Waals surface area contributed by atoms with Crippen molar-refractivity contribution in [2.24, 2.45) is 0 Å². The van der Waals surface area contributed by atoms with Crippen LogP contribution in [-0.4, -0.2) is 44.8 Å². The van der Waals surface area contributed by atoms with Gasteiger partial charge in [-0.3, -0.25) is 13.9 Å². The van der Waals surface area contributed by atoms with Crippen molar-refractivity contribution < 1.29 is 18.0 Å². The molecule has 224 valence electrons. The lowest BCUT2D eigenvalue weighted by Gasteiger charge is -2.34. The third kappa shape index (κ3) is 7.89. The van der Waals surface area contributed by atoms with Gasteiger partial charge in [-0.05, 0) is 61.0 Å². The van der Waals surface area contributed by atoms with Crippen molar-refractivity contribution in [1.82, 2.24) is 10.2 Å². The molecule has 0 saturated heterocycles. The number of aryl methyl sites for hydroxylation is 1. The molecule has 0 aromatic heterocycles. The zero-order chi connectivity index (χ0) is 31.1. The Morgan fingerprint density at radius 1 is 0.814 bits per heavy atom. The molecule has 0 unspecified atom stereocenters. The molecule has 0 heterocycles. The minimum Gasteiger partial charge on any atom is -0.357 e. The minimum atomic E-state index is -4.22. The first kappa shape index (κ1) is 32.4. The van der Waals surface area contributed by atoms with E-state index in [0.29, 0.717) is 20.6 Å². The Balaban J connectivity index is 1.81. The zero-order valence-corrected chi connectivity index (χ0v) is 26.6. The van der Waals surface area contributed by atoms with Crippen molar-refractivity contribution in [1.29, 1.82) is 0 Å². The maximum atomic E-state index is 14.3. The predicted octanol–water partition coefficient (Wildman–Crippen LogP) is 6.54. The molecule has 0 radical (unpaired) electrons. The number of sulfonamides is 1. The maximum absolute atomic E-state index is 14.3. The van der Waals surface area contributed by atoms with Crippen LogP contribution in [0, 0.1) is 6.92 Å². The number of likely N-dealkylation sites (N-methyl/N-ethyl adjacent to an activating group) is 1. The second kappa shape index (κ2) is 14.3. The van der Waals surface area contributed by atoms with Gasteiger partial charge in [0, 0.05) is 40.6 Å². The van der Waals surface area contributed by atoms with Crippen LogP contribution in [0.25, 0.3) is 0 Å². The summed E-state index contributed by atoms with van der Waals surface area (Å²) in [5.41, 5.74) is 2.35. The van der Waals surface area contributed by atoms with E-state index in [1.54, 1.807) is 42.5 Å². The second-order valence-corrected chi connectivity index (χ2v) is 13.0. The molecule has 2 amide bonds. The molecule has 4 aromatic carbocycles. The third-order valence-electron chi connectivity index (χ3n) is 6.91. The van der Waals surface area contributed by atoms with Gasteiger partial charge in [-0.1, -0.05) is 88.9 Å². The highest BCUT2D eigenvalue weighted by Crippen LogP contribution is 2.29. The molecule has 0 bridgehead atoms. The van der Waals surface area contributed by atoms with Gasteiger partial charge in [0.25, 0.3) is 10.0 Å². The van der Waals surface area contributed by atoms with Crippen LogP contribution in [0.3, 0.4) is 0 Å². The Kier molecular flexibility index (Phi) is 10.7. The van der Waals surface area contributed by atoms with Gasteiger partial charge >= 0.3 is 0 Å². The van der Waals surface area contributed by atoms with Crippen molar-refractivity contribution in [3.63, 3.8) is 0 Å². The molecule has 0 aliphatic rings. The van der Waals surface area contributed by atoms with Gasteiger partial charge in [-0.2, -0.15) is 0 Å². The summed E-state index contributed by atoms with van der Waals surface area (Å²) in [5.74, 6) is -1.06. The van der Waals surface area contributed by atoms with Crippen LogP contribution in [0.1, 0.15) is 16.7 Å². The first-order valence-corrected chi connectivity index (χ1v) is 15.9. The van der Waals surface area contributed by atoms with Crippen LogP contribution < -0.4 is 9.62 Å². The number of anilines is 1. The van der Waals surface area contributed by atoms with Crippen LogP contribution in [0.4, 0.5) is 5.69 Å². The molecule has 7 nitrogen and oxygen atoms in total. The minimum absolute atomic E-state index is 0.00804. The van der Waals surface area contributed by atoms with E-state index in [2.05, 4.69) is 5.32 Å². The zero-order valence-electron chi connectivity index (χ0n) is 23.5. The monoisotopic (exact) mass is 657 g/mol. The lowest BCUT2D eigenvalue weighted by atomic mass is 10.0. The van der Waals surface area contributed by atoms with Gasteiger partial charge in [0.05, 0.1) is 10.6 Å². The number of halogens is 3. The van der Waals surface area contributed by atoms with Gasteiger partial charge in [-0.15, -0.1) is 0 Å². The van der Waals surface area contributed by atoms with Crippen molar-refractivity contribution in [3.05, 3.63) is 129 Å². The van der Waals surface area contributed by atoms with E-state index in [-0.39, 0.29) is 23.5 Å². The summed E-state index contributed by atoms with van der Waals surface area (Å²) in [4.78, 5) is 29.0. The molecule has 4 rings (SSSR count). The number of carbonyl (C=O) groups is 2. The predicted molar refractivity (Wildman–Crippen MR) is 172 cm³/mol. The van der Waals surface area contributed by atoms with Crippen molar-refractivity contribution >= 4 is 62.3 Å². The topological polar surface area (TPSA) is 86.8 Å². The maximum Gasteiger partial charge on any atom is 0.264 e. The lowest BCUT2D eigenvalue weighted by molar-refractivity contribution is -0.139. The Bertz CT molecular complexity index is 1660. The van der Waals surface area contributed by atoms with E-state index in [4.69, 9.17) is 34.8 Å². The smallest absolute Gasteiger partial charge is 0.264 e. The summed E-state index contributed by atoms with van der Waals surface area (Å²) in [5, 5.41) is 3.66. The standard InChI is InChI=1S/C32H30Cl3N3O4S/c1-22-11-17-26(18-12-22)43(41,42)38(25-15-13-24(33)14-16-25)21-31(39)37(20-27-28(34)9-6-10-29(27)35)30(32(40)36-2)19-23-7-4-3-5-8-23/h3-18,30H,19-21H2,1-2H3,(H,36,40)/t30-/m0/s1. The van der Waals surface area contributed by atoms with Gasteiger partial charge in [-0.25, -0.2) is 8.42 Å². The normalized spacial score (nSPS) is 11.9. The Labute approximate surface area is 267 Å². The van der Waals surface area contributed by atoms with Crippen LogP contribution >= 0.6 is 34.8 Å². The molecule has 1 atom stereocenters. The molecule has 0 fully saturated rings. The largest absolute Gasteiger partial charge is 0.357 e. The number of amides is 2. The molecule has 43 heavy (non-hydrogen) atoms. The summed E-state index contributed by atoms with van der Waals surface area (Å²) in [6.45, 7) is 1.10. The molecular weight excluding hydrogens is 629 g/mol. The average molecular weight is 659 g/mol. The molecule has 11 heteroatoms. The fourth-order valence-electron chi connectivity index (χ4n) is 4.55. The summed E-state index contributed by atoms with van der Waals surface area (Å²) in [6, 6.07) is 25.6. The van der Waals surface area contributed by atoms with Gasteiger partial charge in [0.2, 0.25) is 11.8 Å². The van der Waals surface area contributed by atoms with E-state index in [1.165, 1.54) is 36.2 Å². The fraction of sp³-hybridized carbons (Fsp3) is 0.188. The van der Waals surface area contributed by atoms with E-state index < -0.39 is 34.4 Å². The van der Waals surface area contributed by atoms with Crippen LogP contribution in [-0.2, 0) is 32.6 Å². The Morgan fingerprint density at radius 3 is 2.00 bits per heavy atom. The number of rotatable bonds is 11. The summed E-state index contributed by atoms with van der Waals surface area (Å²) < 4.78 is 29.0. The van der Waals surface area contributed by atoms with E-state index >= 15 is 0 Å². The van der Waals surface area contributed by atoms with Gasteiger partial charge < -0.3 is 10.2 Å². The van der Waals surface area contributed by atoms with Crippen molar-refractivity contribution in [2.45, 2.75) is 30.8 Å². The van der Waals surface area contributed by atoms with Crippen LogP contribution in [0.5, 0.6) is 0 Å². The summed E-state index contributed by atoms with van der Waals surface area (Å²) >= 11 is 19.1. The number of carbonyl (C=O) groups excluding carboxylic acids is 2. The fourth-order valence-corrected chi connectivity index (χ4v) is 6.60.